The van der Waals surface area contributed by atoms with Gasteiger partial charge in [0.2, 0.25) is 5.88 Å². The Hall–Kier alpha value is -1.17. The molecule has 0 saturated heterocycles. The summed E-state index contributed by atoms with van der Waals surface area (Å²) in [5, 5.41) is 11.9. The molecule has 0 aliphatic carbocycles. The van der Waals surface area contributed by atoms with Gasteiger partial charge in [-0.1, -0.05) is 34.5 Å². The van der Waals surface area contributed by atoms with Gasteiger partial charge >= 0.3 is 0 Å². The average Bonchev–Trinajstić information content (AvgIpc) is 2.44. The van der Waals surface area contributed by atoms with Gasteiger partial charge in [0, 0.05) is 17.1 Å². The van der Waals surface area contributed by atoms with Crippen molar-refractivity contribution in [3.8, 4) is 11.6 Å². The summed E-state index contributed by atoms with van der Waals surface area (Å²) in [5.74, 6) is 0.981. The maximum absolute atomic E-state index is 6.08. The number of hydrogen-bond donors (Lipinski definition) is 1. The zero-order chi connectivity index (χ0) is 14.4. The maximum atomic E-state index is 6.08. The summed E-state index contributed by atoms with van der Waals surface area (Å²) >= 11 is 9.43. The summed E-state index contributed by atoms with van der Waals surface area (Å²) in [5.41, 5.74) is 0.882. The second-order valence-electron chi connectivity index (χ2n) is 4.22. The van der Waals surface area contributed by atoms with E-state index in [4.69, 9.17) is 16.3 Å². The van der Waals surface area contributed by atoms with E-state index >= 15 is 0 Å². The highest BCUT2D eigenvalue weighted by atomic mass is 79.9. The second-order valence-corrected chi connectivity index (χ2v) is 5.54. The first-order chi connectivity index (χ1) is 9.69. The molecule has 0 unspecified atom stereocenters. The van der Waals surface area contributed by atoms with E-state index in [0.29, 0.717) is 23.2 Å². The number of benzene rings is 1. The van der Waals surface area contributed by atoms with Crippen LogP contribution in [0.3, 0.4) is 0 Å². The standard InChI is InChI=1S/C14H15BrClN3O/c1-2-7-17-9-11-4-6-14(19-18-11)20-13-5-3-10(15)8-12(13)16/h3-6,8,17H,2,7,9H2,1H3. The van der Waals surface area contributed by atoms with Crippen LogP contribution in [0.1, 0.15) is 19.0 Å². The van der Waals surface area contributed by atoms with Gasteiger partial charge in [0.05, 0.1) is 10.7 Å². The van der Waals surface area contributed by atoms with E-state index in [9.17, 15) is 0 Å². The fourth-order valence-electron chi connectivity index (χ4n) is 1.56. The average molecular weight is 357 g/mol. The smallest absolute Gasteiger partial charge is 0.238 e. The molecule has 0 spiro atoms. The summed E-state index contributed by atoms with van der Waals surface area (Å²) in [6, 6.07) is 9.09. The van der Waals surface area contributed by atoms with Crippen LogP contribution in [-0.4, -0.2) is 16.7 Å². The van der Waals surface area contributed by atoms with Gasteiger partial charge in [-0.25, -0.2) is 0 Å². The van der Waals surface area contributed by atoms with Crippen LogP contribution in [0.4, 0.5) is 0 Å². The third-order valence-corrected chi connectivity index (χ3v) is 3.33. The Morgan fingerprint density at radius 1 is 1.25 bits per heavy atom. The van der Waals surface area contributed by atoms with Crippen molar-refractivity contribution in [2.75, 3.05) is 6.54 Å². The molecular formula is C14H15BrClN3O. The van der Waals surface area contributed by atoms with Crippen LogP contribution in [0, 0.1) is 0 Å². The van der Waals surface area contributed by atoms with Crippen molar-refractivity contribution in [1.29, 1.82) is 0 Å². The largest absolute Gasteiger partial charge is 0.436 e. The molecule has 2 aromatic rings. The van der Waals surface area contributed by atoms with E-state index in [1.807, 2.05) is 12.1 Å². The minimum absolute atomic E-state index is 0.425. The SMILES string of the molecule is CCCNCc1ccc(Oc2ccc(Br)cc2Cl)nn1. The van der Waals surface area contributed by atoms with Crippen molar-refractivity contribution in [1.82, 2.24) is 15.5 Å². The van der Waals surface area contributed by atoms with Crippen LogP contribution >= 0.6 is 27.5 Å². The van der Waals surface area contributed by atoms with Crippen LogP contribution in [-0.2, 0) is 6.54 Å². The van der Waals surface area contributed by atoms with Crippen LogP contribution in [0.25, 0.3) is 0 Å². The summed E-state index contributed by atoms with van der Waals surface area (Å²) in [6.07, 6.45) is 1.09. The molecule has 0 saturated carbocycles. The van der Waals surface area contributed by atoms with Crippen LogP contribution in [0.5, 0.6) is 11.6 Å². The molecule has 1 N–H and O–H groups in total. The molecule has 0 atom stereocenters. The molecule has 0 aliphatic heterocycles. The lowest BCUT2D eigenvalue weighted by atomic mass is 10.3. The molecule has 1 aromatic heterocycles. The van der Waals surface area contributed by atoms with E-state index in [1.54, 1.807) is 18.2 Å². The molecule has 0 aliphatic rings. The molecule has 0 radical (unpaired) electrons. The molecule has 0 fully saturated rings. The molecule has 1 aromatic carbocycles. The first-order valence-electron chi connectivity index (χ1n) is 6.35. The van der Waals surface area contributed by atoms with Gasteiger partial charge in [-0.15, -0.1) is 5.10 Å². The predicted molar refractivity (Wildman–Crippen MR) is 83.3 cm³/mol. The van der Waals surface area contributed by atoms with Crippen molar-refractivity contribution in [2.24, 2.45) is 0 Å². The molecule has 20 heavy (non-hydrogen) atoms. The molecule has 2 rings (SSSR count). The van der Waals surface area contributed by atoms with Gasteiger partial charge in [0.15, 0.2) is 0 Å². The zero-order valence-corrected chi connectivity index (χ0v) is 13.4. The number of nitrogens with one attached hydrogen (secondary N) is 1. The Morgan fingerprint density at radius 2 is 2.10 bits per heavy atom. The van der Waals surface area contributed by atoms with Gasteiger partial charge in [0.1, 0.15) is 5.75 Å². The highest BCUT2D eigenvalue weighted by Crippen LogP contribution is 2.30. The van der Waals surface area contributed by atoms with Crippen LogP contribution in [0.15, 0.2) is 34.8 Å². The van der Waals surface area contributed by atoms with Crippen molar-refractivity contribution in [2.45, 2.75) is 19.9 Å². The van der Waals surface area contributed by atoms with Crippen molar-refractivity contribution >= 4 is 27.5 Å². The summed E-state index contributed by atoms with van der Waals surface area (Å²) in [4.78, 5) is 0. The van der Waals surface area contributed by atoms with Gasteiger partial charge in [-0.2, -0.15) is 5.10 Å². The molecule has 1 heterocycles. The zero-order valence-electron chi connectivity index (χ0n) is 11.1. The monoisotopic (exact) mass is 355 g/mol. The number of aromatic nitrogens is 2. The van der Waals surface area contributed by atoms with E-state index in [-0.39, 0.29) is 0 Å². The van der Waals surface area contributed by atoms with Crippen LogP contribution in [0.2, 0.25) is 5.02 Å². The van der Waals surface area contributed by atoms with Gasteiger partial charge in [0.25, 0.3) is 0 Å². The molecule has 0 bridgehead atoms. The summed E-state index contributed by atoms with van der Waals surface area (Å²) in [6.45, 7) is 3.80. The van der Waals surface area contributed by atoms with E-state index in [0.717, 1.165) is 23.1 Å². The van der Waals surface area contributed by atoms with Crippen molar-refractivity contribution < 1.29 is 4.74 Å². The molecule has 0 amide bonds. The van der Waals surface area contributed by atoms with E-state index in [2.05, 4.69) is 38.4 Å². The summed E-state index contributed by atoms with van der Waals surface area (Å²) in [7, 11) is 0. The lowest BCUT2D eigenvalue weighted by Gasteiger charge is -2.07. The predicted octanol–water partition coefficient (Wildman–Crippen LogP) is 4.18. The third-order valence-electron chi connectivity index (χ3n) is 2.54. The molecular weight excluding hydrogens is 342 g/mol. The second kappa shape index (κ2) is 7.57. The molecule has 106 valence electrons. The quantitative estimate of drug-likeness (QED) is 0.789. The molecule has 6 heteroatoms. The number of rotatable bonds is 6. The highest BCUT2D eigenvalue weighted by Gasteiger charge is 2.05. The van der Waals surface area contributed by atoms with Crippen LogP contribution < -0.4 is 10.1 Å². The highest BCUT2D eigenvalue weighted by molar-refractivity contribution is 9.10. The number of nitrogens with zero attached hydrogens (tertiary/aromatic N) is 2. The minimum Gasteiger partial charge on any atom is -0.436 e. The normalized spacial score (nSPS) is 10.6. The fourth-order valence-corrected chi connectivity index (χ4v) is 2.27. The van der Waals surface area contributed by atoms with E-state index in [1.165, 1.54) is 0 Å². The number of ether oxygens (including phenoxy) is 1. The number of hydrogen-bond acceptors (Lipinski definition) is 4. The van der Waals surface area contributed by atoms with Gasteiger partial charge in [-0.05, 0) is 37.2 Å². The number of halogens is 2. The lowest BCUT2D eigenvalue weighted by Crippen LogP contribution is -2.15. The maximum Gasteiger partial charge on any atom is 0.238 e. The minimum atomic E-state index is 0.425. The first-order valence-corrected chi connectivity index (χ1v) is 7.52. The third kappa shape index (κ3) is 4.44. The Balaban J connectivity index is 1.99. The Bertz CT molecular complexity index is 563. The van der Waals surface area contributed by atoms with Gasteiger partial charge in [-0.3, -0.25) is 0 Å². The van der Waals surface area contributed by atoms with Gasteiger partial charge < -0.3 is 10.1 Å². The Morgan fingerprint density at radius 3 is 2.75 bits per heavy atom. The lowest BCUT2D eigenvalue weighted by molar-refractivity contribution is 0.453. The van der Waals surface area contributed by atoms with Crippen molar-refractivity contribution in [3.63, 3.8) is 0 Å². The summed E-state index contributed by atoms with van der Waals surface area (Å²) < 4.78 is 6.50. The van der Waals surface area contributed by atoms with Crippen molar-refractivity contribution in [3.05, 3.63) is 45.5 Å². The van der Waals surface area contributed by atoms with E-state index < -0.39 is 0 Å². The fraction of sp³-hybridized carbons (Fsp3) is 0.286. The Labute approximate surface area is 131 Å². The Kier molecular flexibility index (Phi) is 5.76. The first kappa shape index (κ1) is 15.2. The molecule has 4 nitrogen and oxygen atoms in total. The topological polar surface area (TPSA) is 47.0 Å².